The molecule has 26 heavy (non-hydrogen) atoms. The van der Waals surface area contributed by atoms with Gasteiger partial charge in [-0.1, -0.05) is 18.9 Å². The van der Waals surface area contributed by atoms with E-state index in [1.807, 2.05) is 12.1 Å². The fourth-order valence-corrected chi connectivity index (χ4v) is 4.83. The lowest BCUT2D eigenvalue weighted by Gasteiger charge is -2.49. The molecule has 0 aromatic carbocycles. The lowest BCUT2D eigenvalue weighted by Crippen LogP contribution is -2.59. The third-order valence-corrected chi connectivity index (χ3v) is 6.02. The Morgan fingerprint density at radius 3 is 2.58 bits per heavy atom. The molecular formula is C19H17N5O2. The summed E-state index contributed by atoms with van der Waals surface area (Å²) in [5.74, 6) is -1.99. The lowest BCUT2D eigenvalue weighted by molar-refractivity contribution is -0.285. The predicted molar refractivity (Wildman–Crippen MR) is 87.9 cm³/mol. The van der Waals surface area contributed by atoms with Crippen LogP contribution in [0, 0.1) is 56.2 Å². The number of nitrogens with one attached hydrogen (secondary N) is 1. The van der Waals surface area contributed by atoms with Crippen LogP contribution >= 0.6 is 0 Å². The number of ether oxygens (including phenoxy) is 2. The topological polar surface area (TPSA) is 127 Å². The van der Waals surface area contributed by atoms with Crippen molar-refractivity contribution in [2.24, 2.45) is 16.7 Å². The van der Waals surface area contributed by atoms with Gasteiger partial charge < -0.3 is 9.47 Å². The fraction of sp³-hybridized carbons (Fsp3) is 0.526. The van der Waals surface area contributed by atoms with Gasteiger partial charge >= 0.3 is 0 Å². The highest BCUT2D eigenvalue weighted by molar-refractivity contribution is 5.89. The first-order valence-corrected chi connectivity index (χ1v) is 8.71. The van der Waals surface area contributed by atoms with E-state index in [2.05, 4.69) is 11.1 Å². The maximum Gasteiger partial charge on any atom is 0.217 e. The molecule has 3 heterocycles. The summed E-state index contributed by atoms with van der Waals surface area (Å²) in [4.78, 5) is 4.28. The van der Waals surface area contributed by atoms with Crippen molar-refractivity contribution in [2.75, 3.05) is 0 Å². The Morgan fingerprint density at radius 2 is 1.92 bits per heavy atom. The van der Waals surface area contributed by atoms with Crippen LogP contribution in [0.15, 0.2) is 24.4 Å². The molecule has 2 bridgehead atoms. The Morgan fingerprint density at radius 1 is 1.12 bits per heavy atom. The van der Waals surface area contributed by atoms with Crippen LogP contribution in [0.25, 0.3) is 0 Å². The molecule has 0 spiro atoms. The highest BCUT2D eigenvalue weighted by atomic mass is 16.7. The molecule has 1 N–H and O–H groups in total. The van der Waals surface area contributed by atoms with E-state index in [-0.39, 0.29) is 5.90 Å². The molecule has 2 saturated heterocycles. The molecule has 130 valence electrons. The van der Waals surface area contributed by atoms with E-state index in [1.54, 1.807) is 24.4 Å². The molecule has 3 aliphatic rings. The zero-order chi connectivity index (χ0) is 18.4. The van der Waals surface area contributed by atoms with E-state index in [1.165, 1.54) is 0 Å². The molecule has 4 atom stereocenters. The summed E-state index contributed by atoms with van der Waals surface area (Å²) < 4.78 is 12.2. The van der Waals surface area contributed by atoms with Gasteiger partial charge in [0.15, 0.2) is 5.41 Å². The smallest absolute Gasteiger partial charge is 0.217 e. The molecule has 1 aromatic heterocycles. The van der Waals surface area contributed by atoms with Gasteiger partial charge in [0.2, 0.25) is 17.1 Å². The Kier molecular flexibility index (Phi) is 3.51. The second-order valence-electron chi connectivity index (χ2n) is 7.10. The third kappa shape index (κ3) is 1.72. The minimum atomic E-state index is -1.90. The molecule has 0 amide bonds. The van der Waals surface area contributed by atoms with E-state index in [4.69, 9.17) is 14.9 Å². The summed E-state index contributed by atoms with van der Waals surface area (Å²) in [6.45, 7) is 0. The van der Waals surface area contributed by atoms with Crippen molar-refractivity contribution >= 4 is 5.90 Å². The van der Waals surface area contributed by atoms with Gasteiger partial charge in [0, 0.05) is 12.6 Å². The number of aromatic nitrogens is 1. The van der Waals surface area contributed by atoms with E-state index in [9.17, 15) is 15.8 Å². The molecule has 0 radical (unpaired) electrons. The minimum Gasteiger partial charge on any atom is -0.447 e. The van der Waals surface area contributed by atoms with Gasteiger partial charge in [-0.15, -0.1) is 0 Å². The van der Waals surface area contributed by atoms with E-state index in [0.29, 0.717) is 18.5 Å². The SMILES string of the molecule is N#CC1(C#N)[C@@H](c2ccccn2)O[C@]23CCCCC[C@@H]2[C@]1(C#N)C(=N)O3. The average Bonchev–Trinajstić information content (AvgIpc) is 2.81. The summed E-state index contributed by atoms with van der Waals surface area (Å²) >= 11 is 0. The van der Waals surface area contributed by atoms with Gasteiger partial charge in [-0.3, -0.25) is 10.4 Å². The standard InChI is InChI=1S/C19H17N5O2/c20-10-17(11-21)15(13-6-3-5-9-24-13)25-19-8-4-1-2-7-14(19)18(17,12-22)16(23)26-19/h3,5-6,9,14-15,23H,1-2,4,7-8H2/t14-,15-,18-,19+/m1/s1. The highest BCUT2D eigenvalue weighted by Crippen LogP contribution is 2.68. The van der Waals surface area contributed by atoms with Crippen molar-refractivity contribution in [2.45, 2.75) is 44.0 Å². The first-order chi connectivity index (χ1) is 12.6. The molecule has 1 aliphatic carbocycles. The van der Waals surface area contributed by atoms with Crippen LogP contribution in [-0.2, 0) is 9.47 Å². The van der Waals surface area contributed by atoms with Crippen LogP contribution in [0.4, 0.5) is 0 Å². The summed E-state index contributed by atoms with van der Waals surface area (Å²) in [6, 6.07) is 11.4. The Bertz CT molecular complexity index is 866. The maximum absolute atomic E-state index is 10.2. The van der Waals surface area contributed by atoms with Crippen molar-refractivity contribution in [1.29, 1.82) is 21.2 Å². The van der Waals surface area contributed by atoms with Gasteiger partial charge in [0.25, 0.3) is 0 Å². The van der Waals surface area contributed by atoms with E-state index < -0.39 is 28.6 Å². The quantitative estimate of drug-likeness (QED) is 0.832. The van der Waals surface area contributed by atoms with Crippen LogP contribution in [0.2, 0.25) is 0 Å². The molecule has 0 unspecified atom stereocenters. The molecular weight excluding hydrogens is 330 g/mol. The molecule has 1 aromatic rings. The van der Waals surface area contributed by atoms with Crippen LogP contribution in [0.3, 0.4) is 0 Å². The largest absolute Gasteiger partial charge is 0.447 e. The van der Waals surface area contributed by atoms with E-state index >= 15 is 0 Å². The Balaban J connectivity index is 2.01. The highest BCUT2D eigenvalue weighted by Gasteiger charge is 2.80. The van der Waals surface area contributed by atoms with Crippen LogP contribution in [0.5, 0.6) is 0 Å². The minimum absolute atomic E-state index is 0.326. The van der Waals surface area contributed by atoms with Gasteiger partial charge in [0.1, 0.15) is 6.10 Å². The number of nitriles is 3. The van der Waals surface area contributed by atoms with Crippen LogP contribution in [-0.4, -0.2) is 16.7 Å². The van der Waals surface area contributed by atoms with Gasteiger partial charge in [-0.2, -0.15) is 15.8 Å². The lowest BCUT2D eigenvalue weighted by atomic mass is 9.53. The number of hydrogen-bond acceptors (Lipinski definition) is 7. The zero-order valence-electron chi connectivity index (χ0n) is 14.1. The van der Waals surface area contributed by atoms with Crippen molar-refractivity contribution in [3.63, 3.8) is 0 Å². The Labute approximate surface area is 151 Å². The zero-order valence-corrected chi connectivity index (χ0v) is 14.1. The van der Waals surface area contributed by atoms with Gasteiger partial charge in [0.05, 0.1) is 29.8 Å². The Hall–Kier alpha value is -2.95. The van der Waals surface area contributed by atoms with Crippen LogP contribution in [0.1, 0.15) is 43.9 Å². The predicted octanol–water partition coefficient (Wildman–Crippen LogP) is 2.98. The number of pyridine rings is 1. The van der Waals surface area contributed by atoms with Crippen molar-refractivity contribution in [3.05, 3.63) is 30.1 Å². The number of nitrogens with zero attached hydrogens (tertiary/aromatic N) is 4. The summed E-state index contributed by atoms with van der Waals surface area (Å²) in [5.41, 5.74) is -3.17. The third-order valence-electron chi connectivity index (χ3n) is 6.02. The second-order valence-corrected chi connectivity index (χ2v) is 7.10. The van der Waals surface area contributed by atoms with E-state index in [0.717, 1.165) is 19.3 Å². The van der Waals surface area contributed by atoms with Crippen molar-refractivity contribution in [1.82, 2.24) is 4.98 Å². The van der Waals surface area contributed by atoms with Crippen molar-refractivity contribution in [3.8, 4) is 18.2 Å². The average molecular weight is 347 g/mol. The number of rotatable bonds is 1. The normalized spacial score (nSPS) is 37.2. The molecule has 7 nitrogen and oxygen atoms in total. The first kappa shape index (κ1) is 16.5. The molecule has 3 fully saturated rings. The van der Waals surface area contributed by atoms with Gasteiger partial charge in [-0.05, 0) is 25.0 Å². The molecule has 7 heteroatoms. The van der Waals surface area contributed by atoms with Crippen LogP contribution < -0.4 is 0 Å². The number of hydrogen-bond donors (Lipinski definition) is 1. The summed E-state index contributed by atoms with van der Waals surface area (Å²) in [7, 11) is 0. The first-order valence-electron chi connectivity index (χ1n) is 8.71. The monoisotopic (exact) mass is 347 g/mol. The summed E-state index contributed by atoms with van der Waals surface area (Å²) in [6.07, 6.45) is 4.25. The maximum atomic E-state index is 10.2. The summed E-state index contributed by atoms with van der Waals surface area (Å²) in [5, 5.41) is 38.8. The fourth-order valence-electron chi connectivity index (χ4n) is 4.83. The molecule has 1 saturated carbocycles. The molecule has 2 aliphatic heterocycles. The molecule has 4 rings (SSSR count). The van der Waals surface area contributed by atoms with Crippen molar-refractivity contribution < 1.29 is 9.47 Å². The van der Waals surface area contributed by atoms with Gasteiger partial charge in [-0.25, -0.2) is 0 Å². The second kappa shape index (κ2) is 5.53.